The van der Waals surface area contributed by atoms with Gasteiger partial charge in [-0.05, 0) is 19.1 Å². The van der Waals surface area contributed by atoms with Crippen LogP contribution in [0, 0.1) is 11.3 Å². The molecule has 0 spiro atoms. The molecule has 0 aliphatic carbocycles. The number of aliphatic imine (C=N–C) groups is 1. The average Bonchev–Trinajstić information content (AvgIpc) is 2.52. The van der Waals surface area contributed by atoms with E-state index in [0.29, 0.717) is 17.0 Å². The number of nitrogens with one attached hydrogen (secondary N) is 2. The maximum absolute atomic E-state index is 9.89. The monoisotopic (exact) mass is 306 g/mol. The largest absolute Gasteiger partial charge is 0.510 e. The lowest BCUT2D eigenvalue weighted by Gasteiger charge is -2.20. The van der Waals surface area contributed by atoms with Gasteiger partial charge < -0.3 is 16.2 Å². The zero-order valence-corrected chi connectivity index (χ0v) is 12.9. The molecular weight excluding hydrogens is 284 g/mol. The van der Waals surface area contributed by atoms with Gasteiger partial charge in [-0.3, -0.25) is 15.6 Å². The Morgan fingerprint density at radius 3 is 2.77 bits per heavy atom. The van der Waals surface area contributed by atoms with Crippen molar-refractivity contribution >= 4 is 18.0 Å². The van der Waals surface area contributed by atoms with Crippen LogP contribution in [0.1, 0.15) is 19.4 Å². The highest BCUT2D eigenvalue weighted by Crippen LogP contribution is 2.18. The number of pyridine rings is 1. The third-order valence-corrected chi connectivity index (χ3v) is 3.23. The summed E-state index contributed by atoms with van der Waals surface area (Å²) in [6.07, 6.45) is 3.71. The standard InChI is InChI=1S/C14H22N6O2/c1-9(12(21)7-17-3)10(2)19-14(20(22)8-15)11-5-4-6-18-13(11)16/h4-10,15,17,21-22H,1-3H3,(H2,16,18)/t9-,10+/m1/s1. The fourth-order valence-electron chi connectivity index (χ4n) is 1.75. The first-order valence-corrected chi connectivity index (χ1v) is 6.76. The fraction of sp³-hybridized carbons (Fsp3) is 0.357. The number of hydrogen-bond acceptors (Lipinski definition) is 7. The lowest BCUT2D eigenvalue weighted by Crippen LogP contribution is -2.30. The van der Waals surface area contributed by atoms with Crippen molar-refractivity contribution in [1.29, 1.82) is 5.41 Å². The summed E-state index contributed by atoms with van der Waals surface area (Å²) in [5.41, 5.74) is 6.20. The minimum atomic E-state index is -0.367. The van der Waals surface area contributed by atoms with Gasteiger partial charge in [0, 0.05) is 25.4 Å². The minimum absolute atomic E-state index is 0.0946. The average molecular weight is 306 g/mol. The molecule has 0 aliphatic rings. The Morgan fingerprint density at radius 2 is 2.23 bits per heavy atom. The highest BCUT2D eigenvalue weighted by Gasteiger charge is 2.20. The van der Waals surface area contributed by atoms with Crippen molar-refractivity contribution in [2.24, 2.45) is 10.9 Å². The summed E-state index contributed by atoms with van der Waals surface area (Å²) in [5.74, 6) is 0.130. The molecule has 0 bridgehead atoms. The third kappa shape index (κ3) is 4.19. The molecule has 1 rings (SSSR count). The molecule has 22 heavy (non-hydrogen) atoms. The topological polar surface area (TPSA) is 131 Å². The normalized spacial score (nSPS) is 15.1. The summed E-state index contributed by atoms with van der Waals surface area (Å²) < 4.78 is 0. The van der Waals surface area contributed by atoms with Crippen LogP contribution >= 0.6 is 0 Å². The number of anilines is 1. The van der Waals surface area contributed by atoms with E-state index in [1.165, 1.54) is 12.4 Å². The van der Waals surface area contributed by atoms with Gasteiger partial charge in [-0.2, -0.15) is 5.06 Å². The maximum atomic E-state index is 9.89. The summed E-state index contributed by atoms with van der Waals surface area (Å²) in [5, 5.41) is 30.3. The van der Waals surface area contributed by atoms with Gasteiger partial charge >= 0.3 is 0 Å². The number of rotatable bonds is 6. The van der Waals surface area contributed by atoms with Crippen molar-refractivity contribution in [3.63, 3.8) is 0 Å². The van der Waals surface area contributed by atoms with E-state index in [1.54, 1.807) is 33.0 Å². The van der Waals surface area contributed by atoms with Crippen LogP contribution in [0.3, 0.4) is 0 Å². The van der Waals surface area contributed by atoms with E-state index >= 15 is 0 Å². The Bertz CT molecular complexity index is 572. The lowest BCUT2D eigenvalue weighted by atomic mass is 10.0. The van der Waals surface area contributed by atoms with Gasteiger partial charge in [-0.15, -0.1) is 0 Å². The molecule has 0 unspecified atom stereocenters. The van der Waals surface area contributed by atoms with Crippen molar-refractivity contribution in [2.45, 2.75) is 19.9 Å². The van der Waals surface area contributed by atoms with Crippen LogP contribution in [-0.4, -0.2) is 45.6 Å². The summed E-state index contributed by atoms with van der Waals surface area (Å²) >= 11 is 0. The van der Waals surface area contributed by atoms with E-state index in [9.17, 15) is 10.3 Å². The molecule has 1 heterocycles. The molecule has 2 atom stereocenters. The van der Waals surface area contributed by atoms with E-state index < -0.39 is 0 Å². The third-order valence-electron chi connectivity index (χ3n) is 3.23. The molecule has 6 N–H and O–H groups in total. The second-order valence-corrected chi connectivity index (χ2v) is 4.75. The molecule has 120 valence electrons. The second-order valence-electron chi connectivity index (χ2n) is 4.75. The van der Waals surface area contributed by atoms with Gasteiger partial charge in [0.1, 0.15) is 17.9 Å². The van der Waals surface area contributed by atoms with Crippen LogP contribution in [0.15, 0.2) is 35.3 Å². The number of aliphatic hydroxyl groups excluding tert-OH is 1. The first-order chi connectivity index (χ1) is 10.4. The summed E-state index contributed by atoms with van der Waals surface area (Å²) in [4.78, 5) is 8.32. The highest BCUT2D eigenvalue weighted by molar-refractivity contribution is 6.06. The Hall–Kier alpha value is -2.61. The zero-order valence-electron chi connectivity index (χ0n) is 12.9. The summed E-state index contributed by atoms with van der Waals surface area (Å²) in [6, 6.07) is 2.94. The van der Waals surface area contributed by atoms with Crippen molar-refractivity contribution in [3.05, 3.63) is 35.9 Å². The molecule has 8 heteroatoms. The Balaban J connectivity index is 3.20. The van der Waals surface area contributed by atoms with Crippen LogP contribution < -0.4 is 11.1 Å². The van der Waals surface area contributed by atoms with Crippen LogP contribution in [-0.2, 0) is 0 Å². The van der Waals surface area contributed by atoms with E-state index in [0.717, 1.165) is 0 Å². The first-order valence-electron chi connectivity index (χ1n) is 6.76. The van der Waals surface area contributed by atoms with Crippen LogP contribution in [0.25, 0.3) is 0 Å². The molecule has 1 aromatic rings. The van der Waals surface area contributed by atoms with Crippen molar-refractivity contribution < 1.29 is 10.3 Å². The Labute approximate surface area is 129 Å². The molecule has 1 aromatic heterocycles. The van der Waals surface area contributed by atoms with Crippen molar-refractivity contribution in [1.82, 2.24) is 15.4 Å². The molecule has 8 nitrogen and oxygen atoms in total. The van der Waals surface area contributed by atoms with E-state index in [-0.39, 0.29) is 29.4 Å². The molecule has 0 saturated heterocycles. The predicted octanol–water partition coefficient (Wildman–Crippen LogP) is 1.35. The van der Waals surface area contributed by atoms with Gasteiger partial charge in [0.15, 0.2) is 5.84 Å². The van der Waals surface area contributed by atoms with Crippen LogP contribution in [0.4, 0.5) is 5.82 Å². The molecule has 0 aromatic carbocycles. The van der Waals surface area contributed by atoms with Crippen molar-refractivity contribution in [3.8, 4) is 0 Å². The summed E-state index contributed by atoms with van der Waals surface area (Å²) in [7, 11) is 1.68. The van der Waals surface area contributed by atoms with Gasteiger partial charge in [0.2, 0.25) is 0 Å². The highest BCUT2D eigenvalue weighted by atomic mass is 16.5. The molecule has 0 radical (unpaired) electrons. The molecule has 0 fully saturated rings. The number of hydroxylamine groups is 2. The second kappa shape index (κ2) is 7.99. The molecular formula is C14H22N6O2. The fourth-order valence-corrected chi connectivity index (χ4v) is 1.75. The number of aromatic nitrogens is 1. The molecule has 0 amide bonds. The Morgan fingerprint density at radius 1 is 1.55 bits per heavy atom. The van der Waals surface area contributed by atoms with Crippen LogP contribution in [0.2, 0.25) is 0 Å². The van der Waals surface area contributed by atoms with E-state index in [2.05, 4.69) is 15.3 Å². The van der Waals surface area contributed by atoms with Crippen molar-refractivity contribution in [2.75, 3.05) is 12.8 Å². The number of nitrogen functional groups attached to an aromatic ring is 1. The molecule has 0 saturated carbocycles. The smallest absolute Gasteiger partial charge is 0.165 e. The quantitative estimate of drug-likeness (QED) is 0.233. The Kier molecular flexibility index (Phi) is 6.33. The number of aliphatic hydroxyl groups is 1. The first kappa shape index (κ1) is 17.4. The van der Waals surface area contributed by atoms with Gasteiger partial charge in [0.05, 0.1) is 11.6 Å². The summed E-state index contributed by atoms with van der Waals surface area (Å²) in [6.45, 7) is 3.59. The van der Waals surface area contributed by atoms with E-state index in [4.69, 9.17) is 11.1 Å². The van der Waals surface area contributed by atoms with Crippen LogP contribution in [0.5, 0.6) is 0 Å². The zero-order chi connectivity index (χ0) is 16.7. The maximum Gasteiger partial charge on any atom is 0.165 e. The van der Waals surface area contributed by atoms with Gasteiger partial charge in [-0.25, -0.2) is 4.98 Å². The van der Waals surface area contributed by atoms with E-state index in [1.807, 2.05) is 0 Å². The van der Waals surface area contributed by atoms with Gasteiger partial charge in [-0.1, -0.05) is 6.92 Å². The molecule has 0 aliphatic heterocycles. The van der Waals surface area contributed by atoms with Gasteiger partial charge in [0.25, 0.3) is 0 Å². The number of amidine groups is 1. The lowest BCUT2D eigenvalue weighted by molar-refractivity contribution is 0.0687. The number of hydrogen-bond donors (Lipinski definition) is 5. The minimum Gasteiger partial charge on any atom is -0.510 e. The predicted molar refractivity (Wildman–Crippen MR) is 86.0 cm³/mol. The number of nitrogens with zero attached hydrogens (tertiary/aromatic N) is 3. The number of nitrogens with two attached hydrogens (primary N) is 1. The SMILES string of the molecule is CNC=C(O)[C@H](C)[C@H](C)N=C(c1cccnc1N)N(O)C=N.